The van der Waals surface area contributed by atoms with E-state index >= 15 is 0 Å². The van der Waals surface area contributed by atoms with E-state index < -0.39 is 16.0 Å². The van der Waals surface area contributed by atoms with Gasteiger partial charge in [0.1, 0.15) is 12.4 Å². The maximum absolute atomic E-state index is 12.8. The molecule has 0 amide bonds. The van der Waals surface area contributed by atoms with Crippen LogP contribution in [-0.4, -0.2) is 54.0 Å². The number of benzene rings is 2. The van der Waals surface area contributed by atoms with E-state index in [0.29, 0.717) is 10.2 Å². The highest BCUT2D eigenvalue weighted by Crippen LogP contribution is 2.35. The van der Waals surface area contributed by atoms with Crippen molar-refractivity contribution in [3.05, 3.63) is 40.4 Å². The molecule has 9 nitrogen and oxygen atoms in total. The highest BCUT2D eigenvalue weighted by atomic mass is 79.9. The van der Waals surface area contributed by atoms with E-state index in [1.165, 1.54) is 51.7 Å². The molecule has 0 aliphatic heterocycles. The van der Waals surface area contributed by atoms with E-state index in [0.717, 1.165) is 0 Å². The smallest absolute Gasteiger partial charge is 0.337 e. The molecule has 2 aromatic carbocycles. The van der Waals surface area contributed by atoms with Crippen molar-refractivity contribution in [2.75, 3.05) is 39.3 Å². The fourth-order valence-electron chi connectivity index (χ4n) is 2.35. The van der Waals surface area contributed by atoms with Gasteiger partial charge in [0.25, 0.3) is 10.0 Å². The van der Waals surface area contributed by atoms with Gasteiger partial charge in [0.2, 0.25) is 0 Å². The molecular formula is C18H20BrNO8S. The van der Waals surface area contributed by atoms with Crippen LogP contribution >= 0.6 is 15.9 Å². The Morgan fingerprint density at radius 1 is 1.03 bits per heavy atom. The molecule has 29 heavy (non-hydrogen) atoms. The van der Waals surface area contributed by atoms with Crippen LogP contribution in [0.4, 0.5) is 5.69 Å². The summed E-state index contributed by atoms with van der Waals surface area (Å²) < 4.78 is 49.0. The molecule has 2 aromatic rings. The Labute approximate surface area is 176 Å². The van der Waals surface area contributed by atoms with Gasteiger partial charge in [0.15, 0.2) is 11.5 Å². The fourth-order valence-corrected chi connectivity index (χ4v) is 4.14. The third-order valence-electron chi connectivity index (χ3n) is 3.76. The second-order valence-electron chi connectivity index (χ2n) is 5.60. The van der Waals surface area contributed by atoms with Crippen LogP contribution in [0, 0.1) is 0 Å². The average molecular weight is 490 g/mol. The number of anilines is 1. The molecule has 158 valence electrons. The number of carboxylic acid groups (broad SMARTS) is 1. The van der Waals surface area contributed by atoms with Crippen LogP contribution < -0.4 is 18.9 Å². The Morgan fingerprint density at radius 3 is 2.28 bits per heavy atom. The Hall–Kier alpha value is -2.50. The van der Waals surface area contributed by atoms with E-state index in [4.69, 9.17) is 18.9 Å². The second kappa shape index (κ2) is 9.81. The first-order chi connectivity index (χ1) is 13.7. The molecule has 0 aromatic heterocycles. The van der Waals surface area contributed by atoms with Crippen molar-refractivity contribution in [1.29, 1.82) is 0 Å². The average Bonchev–Trinajstić information content (AvgIpc) is 2.67. The zero-order valence-corrected chi connectivity index (χ0v) is 18.3. The lowest BCUT2D eigenvalue weighted by molar-refractivity contribution is 0.0697. The van der Waals surface area contributed by atoms with Gasteiger partial charge in [-0.15, -0.1) is 0 Å². The third kappa shape index (κ3) is 5.52. The minimum atomic E-state index is -4.10. The summed E-state index contributed by atoms with van der Waals surface area (Å²) in [6, 6.07) is 6.61. The summed E-state index contributed by atoms with van der Waals surface area (Å²) in [4.78, 5) is 11.6. The van der Waals surface area contributed by atoms with Gasteiger partial charge in [-0.2, -0.15) is 0 Å². The number of ether oxygens (including phenoxy) is 4. The first kappa shape index (κ1) is 22.8. The minimum Gasteiger partial charge on any atom is -0.496 e. The van der Waals surface area contributed by atoms with Crippen molar-refractivity contribution >= 4 is 37.6 Å². The Balaban J connectivity index is 2.47. The summed E-state index contributed by atoms with van der Waals surface area (Å²) >= 11 is 3.23. The normalized spacial score (nSPS) is 11.0. The van der Waals surface area contributed by atoms with Crippen molar-refractivity contribution in [1.82, 2.24) is 0 Å². The maximum atomic E-state index is 12.8. The highest BCUT2D eigenvalue weighted by Gasteiger charge is 2.22. The van der Waals surface area contributed by atoms with Crippen LogP contribution in [0.25, 0.3) is 0 Å². The number of halogens is 1. The number of carboxylic acids is 1. The number of carbonyl (C=O) groups is 1. The SMILES string of the molecule is COCCOc1cc(NS(=O)(=O)c2ccc(OC)c(Br)c2)c(C(=O)O)cc1OC. The monoisotopic (exact) mass is 489 g/mol. The molecule has 2 N–H and O–H groups in total. The molecule has 0 aliphatic carbocycles. The van der Waals surface area contributed by atoms with Crippen molar-refractivity contribution in [3.63, 3.8) is 0 Å². The zero-order valence-electron chi connectivity index (χ0n) is 15.9. The molecule has 0 fully saturated rings. The lowest BCUT2D eigenvalue weighted by atomic mass is 10.1. The van der Waals surface area contributed by atoms with Gasteiger partial charge in [0.05, 0.1) is 41.4 Å². The number of methoxy groups -OCH3 is 3. The lowest BCUT2D eigenvalue weighted by Crippen LogP contribution is -2.16. The minimum absolute atomic E-state index is 0.0841. The number of hydrogen-bond donors (Lipinski definition) is 2. The molecule has 0 aliphatic rings. The van der Waals surface area contributed by atoms with Crippen LogP contribution in [0.5, 0.6) is 17.2 Å². The summed E-state index contributed by atoms with van der Waals surface area (Å²) in [5.41, 5.74) is -0.463. The third-order valence-corrected chi connectivity index (χ3v) is 5.74. The molecule has 11 heteroatoms. The van der Waals surface area contributed by atoms with Gasteiger partial charge in [0, 0.05) is 19.2 Å². The molecule has 0 heterocycles. The van der Waals surface area contributed by atoms with Crippen molar-refractivity contribution in [2.24, 2.45) is 0 Å². The molecule has 0 saturated heterocycles. The second-order valence-corrected chi connectivity index (χ2v) is 8.13. The van der Waals surface area contributed by atoms with Gasteiger partial charge >= 0.3 is 5.97 Å². The number of hydrogen-bond acceptors (Lipinski definition) is 7. The summed E-state index contributed by atoms with van der Waals surface area (Å²) in [6.07, 6.45) is 0. The molecule has 0 saturated carbocycles. The molecule has 2 rings (SSSR count). The van der Waals surface area contributed by atoms with Crippen molar-refractivity contribution < 1.29 is 37.3 Å². The lowest BCUT2D eigenvalue weighted by Gasteiger charge is -2.16. The van der Waals surface area contributed by atoms with Crippen LogP contribution in [0.3, 0.4) is 0 Å². The van der Waals surface area contributed by atoms with E-state index in [1.807, 2.05) is 0 Å². The molecule has 0 bridgehead atoms. The van der Waals surface area contributed by atoms with Gasteiger partial charge in [-0.05, 0) is 34.1 Å². The number of rotatable bonds is 10. The number of sulfonamides is 1. The summed E-state index contributed by atoms with van der Waals surface area (Å²) in [5, 5.41) is 9.50. The Bertz CT molecular complexity index is 994. The van der Waals surface area contributed by atoms with E-state index in [-0.39, 0.29) is 40.9 Å². The van der Waals surface area contributed by atoms with Crippen LogP contribution in [0.1, 0.15) is 10.4 Å². The van der Waals surface area contributed by atoms with Crippen LogP contribution in [0.15, 0.2) is 39.7 Å². The predicted octanol–water partition coefficient (Wildman–Crippen LogP) is 2.99. The largest absolute Gasteiger partial charge is 0.496 e. The molecule has 0 unspecified atom stereocenters. The first-order valence-corrected chi connectivity index (χ1v) is 10.4. The quantitative estimate of drug-likeness (QED) is 0.488. The molecule has 0 radical (unpaired) electrons. The Kier molecular flexibility index (Phi) is 7.71. The van der Waals surface area contributed by atoms with Gasteiger partial charge in [-0.3, -0.25) is 4.72 Å². The van der Waals surface area contributed by atoms with Gasteiger partial charge in [-0.1, -0.05) is 0 Å². The van der Waals surface area contributed by atoms with E-state index in [9.17, 15) is 18.3 Å². The summed E-state index contributed by atoms with van der Waals surface area (Å²) in [5.74, 6) is -0.564. The first-order valence-electron chi connectivity index (χ1n) is 8.17. The number of nitrogens with one attached hydrogen (secondary N) is 1. The van der Waals surface area contributed by atoms with Crippen LogP contribution in [-0.2, 0) is 14.8 Å². The van der Waals surface area contributed by atoms with Crippen molar-refractivity contribution in [2.45, 2.75) is 4.90 Å². The zero-order chi connectivity index (χ0) is 21.6. The predicted molar refractivity (Wildman–Crippen MR) is 109 cm³/mol. The van der Waals surface area contributed by atoms with Gasteiger partial charge in [-0.25, -0.2) is 13.2 Å². The van der Waals surface area contributed by atoms with Gasteiger partial charge < -0.3 is 24.1 Å². The maximum Gasteiger partial charge on any atom is 0.337 e. The summed E-state index contributed by atoms with van der Waals surface area (Å²) in [7, 11) is 0.205. The highest BCUT2D eigenvalue weighted by molar-refractivity contribution is 9.10. The molecular weight excluding hydrogens is 470 g/mol. The van der Waals surface area contributed by atoms with E-state index in [1.54, 1.807) is 0 Å². The molecule has 0 spiro atoms. The van der Waals surface area contributed by atoms with Crippen LogP contribution in [0.2, 0.25) is 0 Å². The summed E-state index contributed by atoms with van der Waals surface area (Å²) in [6.45, 7) is 0.446. The molecule has 0 atom stereocenters. The standard InChI is InChI=1S/C18H20BrNO8S/c1-25-6-7-28-17-10-14(12(18(21)22)9-16(17)27-3)20-29(23,24)11-4-5-15(26-2)13(19)8-11/h4-5,8-10,20H,6-7H2,1-3H3,(H,21,22). The number of aromatic carboxylic acids is 1. The topological polar surface area (TPSA) is 120 Å². The fraction of sp³-hybridized carbons (Fsp3) is 0.278. The Morgan fingerprint density at radius 2 is 1.72 bits per heavy atom. The van der Waals surface area contributed by atoms with Crippen molar-refractivity contribution in [3.8, 4) is 17.2 Å². The van der Waals surface area contributed by atoms with E-state index in [2.05, 4.69) is 20.7 Å².